The van der Waals surface area contributed by atoms with E-state index in [0.29, 0.717) is 0 Å². The molecule has 0 amide bonds. The Kier molecular flexibility index (Phi) is 2.32. The third-order valence-corrected chi connectivity index (χ3v) is 2.78. The van der Waals surface area contributed by atoms with E-state index in [0.717, 1.165) is 24.2 Å². The average Bonchev–Trinajstić information content (AvgIpc) is 2.81. The van der Waals surface area contributed by atoms with Gasteiger partial charge in [0.25, 0.3) is 0 Å². The second-order valence-electron chi connectivity index (χ2n) is 3.95. The largest absolute Gasteiger partial charge is 0.310 e. The fourth-order valence-corrected chi connectivity index (χ4v) is 1.55. The van der Waals surface area contributed by atoms with Crippen molar-refractivity contribution in [3.05, 3.63) is 29.6 Å². The van der Waals surface area contributed by atoms with Crippen LogP contribution in [0.5, 0.6) is 0 Å². The quantitative estimate of drug-likeness (QED) is 0.760. The maximum atomic E-state index is 4.26. The van der Waals surface area contributed by atoms with E-state index in [2.05, 4.69) is 30.2 Å². The number of nitrogens with one attached hydrogen (secondary N) is 1. The van der Waals surface area contributed by atoms with Gasteiger partial charge in [-0.05, 0) is 30.9 Å². The number of hydrogen-bond acceptors (Lipinski definition) is 2. The van der Waals surface area contributed by atoms with Crippen molar-refractivity contribution in [3.63, 3.8) is 0 Å². The number of hydrogen-bond donors (Lipinski definition) is 1. The van der Waals surface area contributed by atoms with Crippen molar-refractivity contribution in [2.45, 2.75) is 32.9 Å². The molecule has 0 bridgehead atoms. The lowest BCUT2D eigenvalue weighted by atomic mass is 10.2. The first kappa shape index (κ1) is 8.70. The van der Waals surface area contributed by atoms with Crippen LogP contribution in [-0.2, 0) is 6.54 Å². The Bertz CT molecular complexity index is 296. The van der Waals surface area contributed by atoms with E-state index in [4.69, 9.17) is 0 Å². The summed E-state index contributed by atoms with van der Waals surface area (Å²) in [5.41, 5.74) is 2.46. The van der Waals surface area contributed by atoms with Gasteiger partial charge in [0.15, 0.2) is 0 Å². The van der Waals surface area contributed by atoms with Crippen molar-refractivity contribution in [1.82, 2.24) is 10.3 Å². The molecule has 1 fully saturated rings. The van der Waals surface area contributed by atoms with Crippen LogP contribution in [0.3, 0.4) is 0 Å². The molecule has 2 atom stereocenters. The summed E-state index contributed by atoms with van der Waals surface area (Å²) in [5, 5.41) is 3.52. The summed E-state index contributed by atoms with van der Waals surface area (Å²) in [7, 11) is 0. The van der Waals surface area contributed by atoms with Crippen LogP contribution in [0.4, 0.5) is 0 Å². The standard InChI is InChI=1S/C11H16N2/c1-8-6-11(8)13-7-10-4-3-5-12-9(10)2/h3-5,8,11,13H,6-7H2,1-2H3. The topological polar surface area (TPSA) is 24.9 Å². The fraction of sp³-hybridized carbons (Fsp3) is 0.545. The molecule has 0 aromatic carbocycles. The Morgan fingerprint density at radius 3 is 3.00 bits per heavy atom. The molecule has 1 aliphatic rings. The molecule has 0 aliphatic heterocycles. The van der Waals surface area contributed by atoms with Crippen molar-refractivity contribution in [1.29, 1.82) is 0 Å². The highest BCUT2D eigenvalue weighted by molar-refractivity contribution is 5.18. The molecular weight excluding hydrogens is 160 g/mol. The number of pyridine rings is 1. The smallest absolute Gasteiger partial charge is 0.0417 e. The molecule has 2 nitrogen and oxygen atoms in total. The highest BCUT2D eigenvalue weighted by Crippen LogP contribution is 2.29. The van der Waals surface area contributed by atoms with E-state index < -0.39 is 0 Å². The summed E-state index contributed by atoms with van der Waals surface area (Å²) in [6.45, 7) is 5.32. The van der Waals surface area contributed by atoms with Crippen LogP contribution in [-0.4, -0.2) is 11.0 Å². The Labute approximate surface area is 79.4 Å². The summed E-state index contributed by atoms with van der Waals surface area (Å²) >= 11 is 0. The van der Waals surface area contributed by atoms with E-state index in [-0.39, 0.29) is 0 Å². The van der Waals surface area contributed by atoms with E-state index in [1.54, 1.807) is 0 Å². The van der Waals surface area contributed by atoms with Gasteiger partial charge in [0.05, 0.1) is 0 Å². The fourth-order valence-electron chi connectivity index (χ4n) is 1.55. The van der Waals surface area contributed by atoms with Crippen molar-refractivity contribution in [2.24, 2.45) is 5.92 Å². The van der Waals surface area contributed by atoms with Gasteiger partial charge in [-0.2, -0.15) is 0 Å². The molecule has 0 spiro atoms. The lowest BCUT2D eigenvalue weighted by Gasteiger charge is -2.05. The minimum absolute atomic E-state index is 0.750. The van der Waals surface area contributed by atoms with Gasteiger partial charge in [-0.25, -0.2) is 0 Å². The third-order valence-electron chi connectivity index (χ3n) is 2.78. The van der Waals surface area contributed by atoms with E-state index in [1.165, 1.54) is 12.0 Å². The number of aromatic nitrogens is 1. The van der Waals surface area contributed by atoms with Crippen molar-refractivity contribution in [2.75, 3.05) is 0 Å². The summed E-state index contributed by atoms with van der Waals surface area (Å²) < 4.78 is 0. The van der Waals surface area contributed by atoms with Crippen LogP contribution in [0.15, 0.2) is 18.3 Å². The highest BCUT2D eigenvalue weighted by atomic mass is 15.0. The normalized spacial score (nSPS) is 26.0. The molecule has 0 radical (unpaired) electrons. The molecular formula is C11H16N2. The Morgan fingerprint density at radius 1 is 1.62 bits per heavy atom. The summed E-state index contributed by atoms with van der Waals surface area (Å²) in [5.74, 6) is 0.872. The third kappa shape index (κ3) is 2.07. The van der Waals surface area contributed by atoms with E-state index in [9.17, 15) is 0 Å². The molecule has 1 heterocycles. The van der Waals surface area contributed by atoms with Gasteiger partial charge in [-0.1, -0.05) is 13.0 Å². The van der Waals surface area contributed by atoms with Crippen molar-refractivity contribution >= 4 is 0 Å². The van der Waals surface area contributed by atoms with Gasteiger partial charge in [0.2, 0.25) is 0 Å². The van der Waals surface area contributed by atoms with Crippen molar-refractivity contribution in [3.8, 4) is 0 Å². The first-order valence-corrected chi connectivity index (χ1v) is 4.91. The average molecular weight is 176 g/mol. The number of aryl methyl sites for hydroxylation is 1. The van der Waals surface area contributed by atoms with Gasteiger partial charge in [-0.3, -0.25) is 4.98 Å². The maximum Gasteiger partial charge on any atom is 0.0417 e. The van der Waals surface area contributed by atoms with Crippen LogP contribution in [0.2, 0.25) is 0 Å². The van der Waals surface area contributed by atoms with Gasteiger partial charge < -0.3 is 5.32 Å². The van der Waals surface area contributed by atoms with E-state index >= 15 is 0 Å². The lowest BCUT2D eigenvalue weighted by Crippen LogP contribution is -2.17. The van der Waals surface area contributed by atoms with Crippen LogP contribution < -0.4 is 5.32 Å². The molecule has 1 saturated carbocycles. The van der Waals surface area contributed by atoms with Gasteiger partial charge >= 0.3 is 0 Å². The van der Waals surface area contributed by atoms with Crippen molar-refractivity contribution < 1.29 is 0 Å². The Hall–Kier alpha value is -0.890. The molecule has 1 aromatic heterocycles. The molecule has 2 unspecified atom stereocenters. The van der Waals surface area contributed by atoms with Crippen LogP contribution in [0, 0.1) is 12.8 Å². The molecule has 0 saturated heterocycles. The van der Waals surface area contributed by atoms with Gasteiger partial charge in [0.1, 0.15) is 0 Å². The first-order chi connectivity index (χ1) is 6.27. The first-order valence-electron chi connectivity index (χ1n) is 4.91. The Morgan fingerprint density at radius 2 is 2.38 bits per heavy atom. The van der Waals surface area contributed by atoms with Crippen LogP contribution in [0.1, 0.15) is 24.6 Å². The Balaban J connectivity index is 1.90. The van der Waals surface area contributed by atoms with E-state index in [1.807, 2.05) is 12.3 Å². The van der Waals surface area contributed by atoms with Crippen LogP contribution in [0.25, 0.3) is 0 Å². The summed E-state index contributed by atoms with van der Waals surface area (Å²) in [6.07, 6.45) is 3.18. The summed E-state index contributed by atoms with van der Waals surface area (Å²) in [4.78, 5) is 4.26. The second kappa shape index (κ2) is 3.46. The zero-order chi connectivity index (χ0) is 9.26. The number of rotatable bonds is 3. The number of nitrogens with zero attached hydrogens (tertiary/aromatic N) is 1. The van der Waals surface area contributed by atoms with Gasteiger partial charge in [0, 0.05) is 24.5 Å². The predicted molar refractivity (Wildman–Crippen MR) is 53.4 cm³/mol. The lowest BCUT2D eigenvalue weighted by molar-refractivity contribution is 0.648. The minimum atomic E-state index is 0.750. The molecule has 1 N–H and O–H groups in total. The molecule has 1 aliphatic carbocycles. The minimum Gasteiger partial charge on any atom is -0.310 e. The molecule has 2 heteroatoms. The summed E-state index contributed by atoms with van der Waals surface area (Å²) in [6, 6.07) is 4.89. The molecule has 13 heavy (non-hydrogen) atoms. The molecule has 2 rings (SSSR count). The SMILES string of the molecule is Cc1ncccc1CNC1CC1C. The maximum absolute atomic E-state index is 4.26. The molecule has 70 valence electrons. The second-order valence-corrected chi connectivity index (χ2v) is 3.95. The van der Waals surface area contributed by atoms with Gasteiger partial charge in [-0.15, -0.1) is 0 Å². The predicted octanol–water partition coefficient (Wildman–Crippen LogP) is 1.89. The molecule has 1 aromatic rings. The zero-order valence-corrected chi connectivity index (χ0v) is 8.25. The monoisotopic (exact) mass is 176 g/mol. The zero-order valence-electron chi connectivity index (χ0n) is 8.25. The highest BCUT2D eigenvalue weighted by Gasteiger charge is 2.31. The van der Waals surface area contributed by atoms with Crippen LogP contribution >= 0.6 is 0 Å².